The first-order valence-corrected chi connectivity index (χ1v) is 9.12. The Bertz CT molecular complexity index is 593. The second kappa shape index (κ2) is 7.71. The fourth-order valence-electron chi connectivity index (χ4n) is 2.53. The van der Waals surface area contributed by atoms with E-state index in [4.69, 9.17) is 5.14 Å². The summed E-state index contributed by atoms with van der Waals surface area (Å²) >= 11 is 0. The molecule has 122 valence electrons. The van der Waals surface area contributed by atoms with E-state index >= 15 is 0 Å². The Morgan fingerprint density at radius 3 is 2.36 bits per heavy atom. The van der Waals surface area contributed by atoms with Crippen molar-refractivity contribution >= 4 is 15.9 Å². The van der Waals surface area contributed by atoms with Crippen LogP contribution < -0.4 is 10.5 Å². The molecule has 1 heterocycles. The number of nitrogens with one attached hydrogen (secondary N) is 1. The molecular weight excluding hydrogens is 302 g/mol. The Balaban J connectivity index is 1.71. The molecule has 1 amide bonds. The van der Waals surface area contributed by atoms with Crippen LogP contribution in [0.3, 0.4) is 0 Å². The standard InChI is InChI=1S/C15H23N3O3S/c16-22(20,21)14-6-4-13(5-7-14)8-9-17-12-15(19)18-10-2-1-3-11-18/h4-7,17H,1-3,8-12H2,(H2,16,20,21). The van der Waals surface area contributed by atoms with E-state index in [1.807, 2.05) is 4.90 Å². The van der Waals surface area contributed by atoms with Crippen molar-refractivity contribution in [2.24, 2.45) is 5.14 Å². The number of primary sulfonamides is 1. The summed E-state index contributed by atoms with van der Waals surface area (Å²) in [5, 5.41) is 8.19. The third-order valence-electron chi connectivity index (χ3n) is 3.83. The summed E-state index contributed by atoms with van der Waals surface area (Å²) in [6.07, 6.45) is 4.15. The van der Waals surface area contributed by atoms with Crippen molar-refractivity contribution in [1.82, 2.24) is 10.2 Å². The number of hydrogen-bond acceptors (Lipinski definition) is 4. The maximum Gasteiger partial charge on any atom is 0.238 e. The topological polar surface area (TPSA) is 92.5 Å². The summed E-state index contributed by atoms with van der Waals surface area (Å²) < 4.78 is 22.3. The minimum atomic E-state index is -3.63. The number of nitrogens with two attached hydrogens (primary N) is 1. The Morgan fingerprint density at radius 1 is 1.14 bits per heavy atom. The number of carbonyl (C=O) groups excluding carboxylic acids is 1. The highest BCUT2D eigenvalue weighted by molar-refractivity contribution is 7.89. The van der Waals surface area contributed by atoms with Crippen molar-refractivity contribution < 1.29 is 13.2 Å². The highest BCUT2D eigenvalue weighted by atomic mass is 32.2. The van der Waals surface area contributed by atoms with Crippen LogP contribution in [0.2, 0.25) is 0 Å². The van der Waals surface area contributed by atoms with Gasteiger partial charge in [0, 0.05) is 13.1 Å². The summed E-state index contributed by atoms with van der Waals surface area (Å²) in [4.78, 5) is 14.0. The van der Waals surface area contributed by atoms with Crippen molar-refractivity contribution in [3.05, 3.63) is 29.8 Å². The number of rotatable bonds is 6. The minimum absolute atomic E-state index is 0.115. The molecule has 6 nitrogen and oxygen atoms in total. The lowest BCUT2D eigenvalue weighted by Gasteiger charge is -2.26. The van der Waals surface area contributed by atoms with Gasteiger partial charge in [-0.05, 0) is 49.9 Å². The Kier molecular flexibility index (Phi) is 5.93. The lowest BCUT2D eigenvalue weighted by molar-refractivity contribution is -0.131. The first-order chi connectivity index (χ1) is 10.5. The second-order valence-electron chi connectivity index (χ2n) is 5.56. The van der Waals surface area contributed by atoms with E-state index in [1.54, 1.807) is 12.1 Å². The Hall–Kier alpha value is -1.44. The maximum absolute atomic E-state index is 11.9. The number of piperidine rings is 1. The molecule has 22 heavy (non-hydrogen) atoms. The van der Waals surface area contributed by atoms with E-state index in [2.05, 4.69) is 5.32 Å². The fourth-order valence-corrected chi connectivity index (χ4v) is 3.04. The smallest absolute Gasteiger partial charge is 0.238 e. The SMILES string of the molecule is NS(=O)(=O)c1ccc(CCNCC(=O)N2CCCCC2)cc1. The summed E-state index contributed by atoms with van der Waals surface area (Å²) in [7, 11) is -3.63. The van der Waals surface area contributed by atoms with Gasteiger partial charge in [0.25, 0.3) is 0 Å². The molecule has 0 atom stereocenters. The van der Waals surface area contributed by atoms with E-state index in [0.717, 1.165) is 37.9 Å². The van der Waals surface area contributed by atoms with Gasteiger partial charge < -0.3 is 10.2 Å². The predicted molar refractivity (Wildman–Crippen MR) is 84.8 cm³/mol. The number of nitrogens with zero attached hydrogens (tertiary/aromatic N) is 1. The number of benzene rings is 1. The van der Waals surface area contributed by atoms with E-state index in [9.17, 15) is 13.2 Å². The van der Waals surface area contributed by atoms with Gasteiger partial charge in [-0.2, -0.15) is 0 Å². The molecule has 0 aliphatic carbocycles. The van der Waals surface area contributed by atoms with Crippen LogP contribution in [0.15, 0.2) is 29.2 Å². The molecule has 1 saturated heterocycles. The van der Waals surface area contributed by atoms with Crippen LogP contribution in [0.1, 0.15) is 24.8 Å². The molecule has 1 fully saturated rings. The minimum Gasteiger partial charge on any atom is -0.342 e. The van der Waals surface area contributed by atoms with Crippen LogP contribution in [0.25, 0.3) is 0 Å². The van der Waals surface area contributed by atoms with Crippen molar-refractivity contribution in [2.75, 3.05) is 26.2 Å². The summed E-state index contributed by atoms with van der Waals surface area (Å²) in [5.41, 5.74) is 1.00. The van der Waals surface area contributed by atoms with Gasteiger partial charge in [0.1, 0.15) is 0 Å². The molecule has 1 aromatic rings. The molecule has 3 N–H and O–H groups in total. The van der Waals surface area contributed by atoms with Gasteiger partial charge in [-0.15, -0.1) is 0 Å². The zero-order valence-corrected chi connectivity index (χ0v) is 13.4. The van der Waals surface area contributed by atoms with Gasteiger partial charge in [-0.25, -0.2) is 13.6 Å². The van der Waals surface area contributed by atoms with Crippen LogP contribution in [0.5, 0.6) is 0 Å². The average molecular weight is 325 g/mol. The van der Waals surface area contributed by atoms with Crippen molar-refractivity contribution in [3.8, 4) is 0 Å². The fraction of sp³-hybridized carbons (Fsp3) is 0.533. The Morgan fingerprint density at radius 2 is 1.77 bits per heavy atom. The first-order valence-electron chi connectivity index (χ1n) is 7.57. The van der Waals surface area contributed by atoms with E-state index in [-0.39, 0.29) is 10.8 Å². The molecule has 0 spiro atoms. The number of carbonyl (C=O) groups is 1. The van der Waals surface area contributed by atoms with E-state index in [0.29, 0.717) is 13.1 Å². The molecule has 0 unspecified atom stereocenters. The highest BCUT2D eigenvalue weighted by Crippen LogP contribution is 2.09. The van der Waals surface area contributed by atoms with Gasteiger partial charge in [0.15, 0.2) is 0 Å². The van der Waals surface area contributed by atoms with Crippen LogP contribution in [-0.2, 0) is 21.2 Å². The molecule has 2 rings (SSSR count). The zero-order chi connectivity index (χ0) is 16.0. The molecule has 7 heteroatoms. The summed E-state index contributed by atoms with van der Waals surface area (Å²) in [6, 6.07) is 6.49. The second-order valence-corrected chi connectivity index (χ2v) is 7.12. The molecule has 0 aromatic heterocycles. The van der Waals surface area contributed by atoms with Gasteiger partial charge >= 0.3 is 0 Å². The normalized spacial score (nSPS) is 15.8. The van der Waals surface area contributed by atoms with E-state index < -0.39 is 10.0 Å². The molecule has 0 bridgehead atoms. The third-order valence-corrected chi connectivity index (χ3v) is 4.76. The van der Waals surface area contributed by atoms with Crippen LogP contribution >= 0.6 is 0 Å². The van der Waals surface area contributed by atoms with Crippen molar-refractivity contribution in [3.63, 3.8) is 0 Å². The summed E-state index contributed by atoms with van der Waals surface area (Å²) in [6.45, 7) is 2.77. The number of likely N-dealkylation sites (tertiary alicyclic amines) is 1. The average Bonchev–Trinajstić information content (AvgIpc) is 2.52. The maximum atomic E-state index is 11.9. The number of hydrogen-bond donors (Lipinski definition) is 2. The van der Waals surface area contributed by atoms with Gasteiger partial charge in [0.2, 0.25) is 15.9 Å². The molecule has 1 aromatic carbocycles. The molecule has 0 radical (unpaired) electrons. The monoisotopic (exact) mass is 325 g/mol. The first kappa shape index (κ1) is 16.9. The van der Waals surface area contributed by atoms with Crippen LogP contribution in [0.4, 0.5) is 0 Å². The van der Waals surface area contributed by atoms with Gasteiger partial charge in [-0.1, -0.05) is 12.1 Å². The largest absolute Gasteiger partial charge is 0.342 e. The Labute approximate surface area is 131 Å². The van der Waals surface area contributed by atoms with Gasteiger partial charge in [-0.3, -0.25) is 4.79 Å². The molecule has 0 saturated carbocycles. The van der Waals surface area contributed by atoms with Crippen LogP contribution in [-0.4, -0.2) is 45.4 Å². The van der Waals surface area contributed by atoms with Crippen molar-refractivity contribution in [2.45, 2.75) is 30.6 Å². The number of amides is 1. The highest BCUT2D eigenvalue weighted by Gasteiger charge is 2.15. The lowest BCUT2D eigenvalue weighted by Crippen LogP contribution is -2.41. The summed E-state index contributed by atoms with van der Waals surface area (Å²) in [5.74, 6) is 0.157. The quantitative estimate of drug-likeness (QED) is 0.744. The third kappa shape index (κ3) is 5.08. The molecule has 1 aliphatic rings. The molecular formula is C15H23N3O3S. The van der Waals surface area contributed by atoms with Crippen molar-refractivity contribution in [1.29, 1.82) is 0 Å². The van der Waals surface area contributed by atoms with Crippen LogP contribution in [0, 0.1) is 0 Å². The predicted octanol–water partition coefficient (Wildman–Crippen LogP) is 0.479. The number of sulfonamides is 1. The molecule has 1 aliphatic heterocycles. The lowest BCUT2D eigenvalue weighted by atomic mass is 10.1. The zero-order valence-electron chi connectivity index (χ0n) is 12.6. The van der Waals surface area contributed by atoms with E-state index in [1.165, 1.54) is 18.6 Å². The van der Waals surface area contributed by atoms with Gasteiger partial charge in [0.05, 0.1) is 11.4 Å².